The first kappa shape index (κ1) is 15.3. The van der Waals surface area contributed by atoms with E-state index in [4.69, 9.17) is 11.5 Å². The van der Waals surface area contributed by atoms with Crippen LogP contribution in [0.3, 0.4) is 0 Å². The van der Waals surface area contributed by atoms with Crippen LogP contribution in [0.25, 0.3) is 0 Å². The summed E-state index contributed by atoms with van der Waals surface area (Å²) < 4.78 is 0. The molecule has 1 amide bonds. The van der Waals surface area contributed by atoms with E-state index in [0.29, 0.717) is 18.3 Å². The Morgan fingerprint density at radius 1 is 1.35 bits per heavy atom. The number of nitriles is 1. The van der Waals surface area contributed by atoms with E-state index >= 15 is 0 Å². The van der Waals surface area contributed by atoms with Crippen LogP contribution in [0.4, 0.5) is 0 Å². The molecule has 2 atom stereocenters. The van der Waals surface area contributed by atoms with Gasteiger partial charge >= 0.3 is 0 Å². The smallest absolute Gasteiger partial charge is 0.217 e. The maximum absolute atomic E-state index is 10.9. The van der Waals surface area contributed by atoms with Gasteiger partial charge in [0, 0.05) is 6.42 Å². The molecule has 5 heteroatoms. The molecule has 1 aliphatic carbocycles. The van der Waals surface area contributed by atoms with Gasteiger partial charge in [-0.15, -0.1) is 0 Å². The molecule has 5 nitrogen and oxygen atoms in total. The Balaban J connectivity index is 1.71. The third kappa shape index (κ3) is 3.71. The highest BCUT2D eigenvalue weighted by Crippen LogP contribution is 2.35. The third-order valence-corrected chi connectivity index (χ3v) is 5.07. The van der Waals surface area contributed by atoms with E-state index < -0.39 is 5.54 Å². The molecule has 1 saturated carbocycles. The lowest BCUT2D eigenvalue weighted by Crippen LogP contribution is -2.44. The normalized spacial score (nSPS) is 32.1. The van der Waals surface area contributed by atoms with E-state index in [-0.39, 0.29) is 5.91 Å². The number of carbonyl (C=O) groups is 1. The molecule has 2 unspecified atom stereocenters. The summed E-state index contributed by atoms with van der Waals surface area (Å²) in [4.78, 5) is 13.4. The zero-order valence-electron chi connectivity index (χ0n) is 12.2. The van der Waals surface area contributed by atoms with Crippen LogP contribution in [0.1, 0.15) is 44.9 Å². The van der Waals surface area contributed by atoms with Gasteiger partial charge in [-0.05, 0) is 63.6 Å². The molecule has 0 spiro atoms. The Hall–Kier alpha value is -1.12. The summed E-state index contributed by atoms with van der Waals surface area (Å²) in [7, 11) is 0. The van der Waals surface area contributed by atoms with Gasteiger partial charge in [0.25, 0.3) is 0 Å². The minimum absolute atomic E-state index is 0.184. The Labute approximate surface area is 121 Å². The molecule has 0 bridgehead atoms. The van der Waals surface area contributed by atoms with Crippen molar-refractivity contribution in [3.8, 4) is 6.07 Å². The highest BCUT2D eigenvalue weighted by atomic mass is 16.1. The Kier molecular flexibility index (Phi) is 5.00. The second-order valence-electron chi connectivity index (χ2n) is 6.49. The molecule has 4 N–H and O–H groups in total. The highest BCUT2D eigenvalue weighted by Gasteiger charge is 2.39. The molecule has 0 aromatic heterocycles. The summed E-state index contributed by atoms with van der Waals surface area (Å²) in [6, 6.07) is 2.31. The van der Waals surface area contributed by atoms with Gasteiger partial charge in [-0.3, -0.25) is 4.79 Å². The molecule has 1 aliphatic heterocycles. The van der Waals surface area contributed by atoms with Gasteiger partial charge in [0.1, 0.15) is 5.54 Å². The van der Waals surface area contributed by atoms with Crippen molar-refractivity contribution >= 4 is 5.91 Å². The monoisotopic (exact) mass is 278 g/mol. The number of hydrogen-bond donors (Lipinski definition) is 2. The molecular weight excluding hydrogens is 252 g/mol. The average molecular weight is 278 g/mol. The molecule has 1 saturated heterocycles. The second kappa shape index (κ2) is 6.55. The van der Waals surface area contributed by atoms with E-state index in [9.17, 15) is 10.1 Å². The average Bonchev–Trinajstić information content (AvgIpc) is 2.79. The quantitative estimate of drug-likeness (QED) is 0.783. The van der Waals surface area contributed by atoms with Crippen molar-refractivity contribution in [3.05, 3.63) is 0 Å². The lowest BCUT2D eigenvalue weighted by Gasteiger charge is -2.33. The predicted molar refractivity (Wildman–Crippen MR) is 77.5 cm³/mol. The van der Waals surface area contributed by atoms with Gasteiger partial charge in [0.05, 0.1) is 6.07 Å². The lowest BCUT2D eigenvalue weighted by atomic mass is 9.86. The van der Waals surface area contributed by atoms with Gasteiger partial charge < -0.3 is 16.4 Å². The molecule has 112 valence electrons. The minimum atomic E-state index is -0.593. The van der Waals surface area contributed by atoms with E-state index in [0.717, 1.165) is 58.2 Å². The largest absolute Gasteiger partial charge is 0.370 e. The fourth-order valence-electron chi connectivity index (χ4n) is 3.69. The minimum Gasteiger partial charge on any atom is -0.370 e. The van der Waals surface area contributed by atoms with Crippen molar-refractivity contribution in [2.45, 2.75) is 50.5 Å². The summed E-state index contributed by atoms with van der Waals surface area (Å²) in [6.45, 7) is 3.10. The first-order chi connectivity index (χ1) is 9.53. The number of hydrogen-bond acceptors (Lipinski definition) is 4. The molecule has 2 fully saturated rings. The molecular formula is C15H26N4O. The summed E-state index contributed by atoms with van der Waals surface area (Å²) in [5, 5.41) is 9.22. The highest BCUT2D eigenvalue weighted by molar-refractivity contribution is 5.73. The number of primary amides is 1. The Bertz CT molecular complexity index is 384. The predicted octanol–water partition coefficient (Wildman–Crippen LogP) is 0.985. The maximum Gasteiger partial charge on any atom is 0.217 e. The summed E-state index contributed by atoms with van der Waals surface area (Å²) in [5.41, 5.74) is 10.8. The van der Waals surface area contributed by atoms with Crippen molar-refractivity contribution in [2.75, 3.05) is 19.6 Å². The molecule has 2 aliphatic rings. The van der Waals surface area contributed by atoms with Crippen molar-refractivity contribution in [1.29, 1.82) is 5.26 Å². The second-order valence-corrected chi connectivity index (χ2v) is 6.49. The third-order valence-electron chi connectivity index (χ3n) is 5.07. The maximum atomic E-state index is 10.9. The number of carbonyl (C=O) groups excluding carboxylic acids is 1. The van der Waals surface area contributed by atoms with Gasteiger partial charge in [-0.25, -0.2) is 0 Å². The SMILES string of the molecule is N#CC1(N)CCCC1CCN1CCC(CC(N)=O)CC1. The van der Waals surface area contributed by atoms with Gasteiger partial charge in [-0.2, -0.15) is 5.26 Å². The van der Waals surface area contributed by atoms with E-state index in [2.05, 4.69) is 11.0 Å². The summed E-state index contributed by atoms with van der Waals surface area (Å²) in [6.07, 6.45) is 6.66. The van der Waals surface area contributed by atoms with Crippen LogP contribution in [-0.2, 0) is 4.79 Å². The Morgan fingerprint density at radius 2 is 2.05 bits per heavy atom. The fourth-order valence-corrected chi connectivity index (χ4v) is 3.69. The number of rotatable bonds is 5. The number of likely N-dealkylation sites (tertiary alicyclic amines) is 1. The van der Waals surface area contributed by atoms with E-state index in [1.54, 1.807) is 0 Å². The van der Waals surface area contributed by atoms with Crippen molar-refractivity contribution in [1.82, 2.24) is 4.90 Å². The zero-order chi connectivity index (χ0) is 14.6. The van der Waals surface area contributed by atoms with Crippen molar-refractivity contribution < 1.29 is 4.79 Å². The summed E-state index contributed by atoms with van der Waals surface area (Å²) in [5.74, 6) is 0.620. The van der Waals surface area contributed by atoms with Crippen molar-refractivity contribution in [2.24, 2.45) is 23.3 Å². The van der Waals surface area contributed by atoms with E-state index in [1.165, 1.54) is 0 Å². The zero-order valence-corrected chi connectivity index (χ0v) is 12.2. The van der Waals surface area contributed by atoms with Crippen molar-refractivity contribution in [3.63, 3.8) is 0 Å². The first-order valence-corrected chi connectivity index (χ1v) is 7.74. The van der Waals surface area contributed by atoms with E-state index in [1.807, 2.05) is 0 Å². The van der Waals surface area contributed by atoms with Crippen LogP contribution >= 0.6 is 0 Å². The fraction of sp³-hybridized carbons (Fsp3) is 0.867. The summed E-state index contributed by atoms with van der Waals surface area (Å²) >= 11 is 0. The number of piperidine rings is 1. The molecule has 0 aromatic carbocycles. The van der Waals surface area contributed by atoms with Gasteiger partial charge in [0.2, 0.25) is 5.91 Å². The van der Waals surface area contributed by atoms with Gasteiger partial charge in [0.15, 0.2) is 0 Å². The van der Waals surface area contributed by atoms with Crippen LogP contribution in [-0.4, -0.2) is 36.0 Å². The molecule has 1 heterocycles. The molecule has 2 rings (SSSR count). The Morgan fingerprint density at radius 3 is 2.65 bits per heavy atom. The van der Waals surface area contributed by atoms with Crippen LogP contribution in [0.15, 0.2) is 0 Å². The number of nitrogens with two attached hydrogens (primary N) is 2. The lowest BCUT2D eigenvalue weighted by molar-refractivity contribution is -0.119. The number of nitrogens with zero attached hydrogens (tertiary/aromatic N) is 2. The molecule has 20 heavy (non-hydrogen) atoms. The molecule has 0 radical (unpaired) electrons. The van der Waals surface area contributed by atoms with Crippen LogP contribution < -0.4 is 11.5 Å². The van der Waals surface area contributed by atoms with Crippen LogP contribution in [0.5, 0.6) is 0 Å². The van der Waals surface area contributed by atoms with Crippen LogP contribution in [0, 0.1) is 23.2 Å². The van der Waals surface area contributed by atoms with Gasteiger partial charge in [-0.1, -0.05) is 6.42 Å². The molecule has 0 aromatic rings. The standard InChI is InChI=1S/C15H26N4O/c16-11-15(18)6-1-2-13(15)5-9-19-7-3-12(4-8-19)10-14(17)20/h12-13H,1-10,18H2,(H2,17,20). The first-order valence-electron chi connectivity index (χ1n) is 7.74. The van der Waals surface area contributed by atoms with Crippen LogP contribution in [0.2, 0.25) is 0 Å². The number of amides is 1. The topological polar surface area (TPSA) is 96.1 Å².